The number of halogens is 1. The highest BCUT2D eigenvalue weighted by atomic mass is 35.5. The van der Waals surface area contributed by atoms with Gasteiger partial charge in [-0.05, 0) is 24.0 Å². The molecule has 1 aromatic heterocycles. The summed E-state index contributed by atoms with van der Waals surface area (Å²) < 4.78 is 0. The summed E-state index contributed by atoms with van der Waals surface area (Å²) in [6.07, 6.45) is 7.25. The van der Waals surface area contributed by atoms with E-state index in [0.29, 0.717) is 5.92 Å². The SMILES string of the molecule is CCCC[C@H](C)c1ccncc1Cl. The van der Waals surface area contributed by atoms with Gasteiger partial charge in [-0.3, -0.25) is 4.98 Å². The van der Waals surface area contributed by atoms with E-state index in [-0.39, 0.29) is 0 Å². The number of rotatable bonds is 4. The lowest BCUT2D eigenvalue weighted by Crippen LogP contribution is -1.94. The van der Waals surface area contributed by atoms with Crippen LogP contribution in [-0.2, 0) is 0 Å². The topological polar surface area (TPSA) is 12.9 Å². The lowest BCUT2D eigenvalue weighted by molar-refractivity contribution is 0.624. The average Bonchev–Trinajstić information content (AvgIpc) is 2.15. The highest BCUT2D eigenvalue weighted by Gasteiger charge is 2.08. The molecular weight excluding hydrogens is 182 g/mol. The number of unbranched alkanes of at least 4 members (excludes halogenated alkanes) is 1. The van der Waals surface area contributed by atoms with Gasteiger partial charge in [0.05, 0.1) is 5.02 Å². The maximum atomic E-state index is 6.04. The normalized spacial score (nSPS) is 12.8. The molecular formula is C11H16ClN. The van der Waals surface area contributed by atoms with Gasteiger partial charge in [0.15, 0.2) is 0 Å². The first-order valence-electron chi connectivity index (χ1n) is 4.85. The number of hydrogen-bond acceptors (Lipinski definition) is 1. The standard InChI is InChI=1S/C11H16ClN/c1-3-4-5-9(2)10-6-7-13-8-11(10)12/h6-9H,3-5H2,1-2H3/t9-/m0/s1. The summed E-state index contributed by atoms with van der Waals surface area (Å²) in [6.45, 7) is 4.43. The van der Waals surface area contributed by atoms with E-state index >= 15 is 0 Å². The van der Waals surface area contributed by atoms with Crippen molar-refractivity contribution in [1.82, 2.24) is 4.98 Å². The van der Waals surface area contributed by atoms with E-state index in [4.69, 9.17) is 11.6 Å². The van der Waals surface area contributed by atoms with E-state index in [1.165, 1.54) is 24.8 Å². The minimum atomic E-state index is 0.551. The predicted molar refractivity (Wildman–Crippen MR) is 57.2 cm³/mol. The molecule has 0 fully saturated rings. The Labute approximate surface area is 85.1 Å². The molecule has 2 heteroatoms. The summed E-state index contributed by atoms with van der Waals surface area (Å²) in [5.41, 5.74) is 1.23. The first kappa shape index (κ1) is 10.5. The summed E-state index contributed by atoms with van der Waals surface area (Å²) in [5, 5.41) is 0.797. The fourth-order valence-corrected chi connectivity index (χ4v) is 1.76. The van der Waals surface area contributed by atoms with E-state index in [1.54, 1.807) is 6.20 Å². The largest absolute Gasteiger partial charge is 0.263 e. The molecule has 0 amide bonds. The molecule has 1 nitrogen and oxygen atoms in total. The monoisotopic (exact) mass is 197 g/mol. The van der Waals surface area contributed by atoms with E-state index in [0.717, 1.165) is 5.02 Å². The predicted octanol–water partition coefficient (Wildman–Crippen LogP) is 4.03. The van der Waals surface area contributed by atoms with Crippen LogP contribution in [0.2, 0.25) is 5.02 Å². The second-order valence-corrected chi connectivity index (χ2v) is 3.85. The maximum absolute atomic E-state index is 6.04. The van der Waals surface area contributed by atoms with Crippen molar-refractivity contribution in [2.75, 3.05) is 0 Å². The minimum absolute atomic E-state index is 0.551. The Bertz CT molecular complexity index is 260. The maximum Gasteiger partial charge on any atom is 0.0624 e. The van der Waals surface area contributed by atoms with E-state index < -0.39 is 0 Å². The van der Waals surface area contributed by atoms with Gasteiger partial charge in [-0.2, -0.15) is 0 Å². The van der Waals surface area contributed by atoms with Crippen molar-refractivity contribution >= 4 is 11.6 Å². The Kier molecular flexibility index (Phi) is 4.23. The summed E-state index contributed by atoms with van der Waals surface area (Å²) in [4.78, 5) is 3.98. The van der Waals surface area contributed by atoms with Gasteiger partial charge in [0, 0.05) is 12.4 Å². The molecule has 13 heavy (non-hydrogen) atoms. The Morgan fingerprint density at radius 1 is 1.54 bits per heavy atom. The molecule has 0 aliphatic carbocycles. The molecule has 1 heterocycles. The number of pyridine rings is 1. The molecule has 0 aromatic carbocycles. The van der Waals surface area contributed by atoms with Gasteiger partial charge in [-0.1, -0.05) is 38.3 Å². The highest BCUT2D eigenvalue weighted by molar-refractivity contribution is 6.31. The van der Waals surface area contributed by atoms with Crippen LogP contribution in [0.3, 0.4) is 0 Å². The Morgan fingerprint density at radius 3 is 2.92 bits per heavy atom. The first-order valence-corrected chi connectivity index (χ1v) is 5.23. The summed E-state index contributed by atoms with van der Waals surface area (Å²) in [7, 11) is 0. The molecule has 1 rings (SSSR count). The molecule has 72 valence electrons. The zero-order valence-corrected chi connectivity index (χ0v) is 9.01. The van der Waals surface area contributed by atoms with Gasteiger partial charge in [0.1, 0.15) is 0 Å². The van der Waals surface area contributed by atoms with Gasteiger partial charge in [-0.15, -0.1) is 0 Å². The Balaban J connectivity index is 2.65. The smallest absolute Gasteiger partial charge is 0.0624 e. The molecule has 0 saturated heterocycles. The summed E-state index contributed by atoms with van der Waals surface area (Å²) in [5.74, 6) is 0.551. The van der Waals surface area contributed by atoms with Crippen LogP contribution in [0.15, 0.2) is 18.5 Å². The molecule has 0 spiro atoms. The van der Waals surface area contributed by atoms with Crippen LogP contribution in [0.25, 0.3) is 0 Å². The Morgan fingerprint density at radius 2 is 2.31 bits per heavy atom. The Hall–Kier alpha value is -0.560. The van der Waals surface area contributed by atoms with Crippen LogP contribution in [0.1, 0.15) is 44.6 Å². The average molecular weight is 198 g/mol. The van der Waals surface area contributed by atoms with Crippen LogP contribution in [0, 0.1) is 0 Å². The van der Waals surface area contributed by atoms with Crippen LogP contribution >= 0.6 is 11.6 Å². The minimum Gasteiger partial charge on any atom is -0.263 e. The van der Waals surface area contributed by atoms with E-state index in [2.05, 4.69) is 18.8 Å². The zero-order valence-electron chi connectivity index (χ0n) is 8.26. The number of aromatic nitrogens is 1. The molecule has 0 saturated carbocycles. The molecule has 0 N–H and O–H groups in total. The zero-order chi connectivity index (χ0) is 9.68. The fraction of sp³-hybridized carbons (Fsp3) is 0.545. The van der Waals surface area contributed by atoms with Crippen molar-refractivity contribution in [3.63, 3.8) is 0 Å². The molecule has 0 aliphatic rings. The summed E-state index contributed by atoms with van der Waals surface area (Å²) in [6, 6.07) is 2.02. The third kappa shape index (κ3) is 3.00. The van der Waals surface area contributed by atoms with Gasteiger partial charge in [0.2, 0.25) is 0 Å². The third-order valence-corrected chi connectivity index (χ3v) is 2.64. The van der Waals surface area contributed by atoms with Crippen molar-refractivity contribution in [3.8, 4) is 0 Å². The lowest BCUT2D eigenvalue weighted by Gasteiger charge is -2.11. The van der Waals surface area contributed by atoms with E-state index in [9.17, 15) is 0 Å². The quantitative estimate of drug-likeness (QED) is 0.710. The van der Waals surface area contributed by atoms with Crippen molar-refractivity contribution in [3.05, 3.63) is 29.0 Å². The lowest BCUT2D eigenvalue weighted by atomic mass is 9.96. The molecule has 0 radical (unpaired) electrons. The van der Waals surface area contributed by atoms with Crippen molar-refractivity contribution in [1.29, 1.82) is 0 Å². The van der Waals surface area contributed by atoms with Crippen LogP contribution < -0.4 is 0 Å². The highest BCUT2D eigenvalue weighted by Crippen LogP contribution is 2.26. The first-order chi connectivity index (χ1) is 6.25. The number of nitrogens with zero attached hydrogens (tertiary/aromatic N) is 1. The number of hydrogen-bond donors (Lipinski definition) is 0. The van der Waals surface area contributed by atoms with Crippen molar-refractivity contribution in [2.45, 2.75) is 39.0 Å². The second kappa shape index (κ2) is 5.23. The van der Waals surface area contributed by atoms with Gasteiger partial charge in [0.25, 0.3) is 0 Å². The third-order valence-electron chi connectivity index (χ3n) is 2.33. The van der Waals surface area contributed by atoms with Crippen LogP contribution in [-0.4, -0.2) is 4.98 Å². The van der Waals surface area contributed by atoms with Crippen LogP contribution in [0.5, 0.6) is 0 Å². The fourth-order valence-electron chi connectivity index (χ4n) is 1.45. The molecule has 1 atom stereocenters. The molecule has 0 unspecified atom stereocenters. The molecule has 1 aromatic rings. The van der Waals surface area contributed by atoms with Gasteiger partial charge >= 0.3 is 0 Å². The van der Waals surface area contributed by atoms with Crippen molar-refractivity contribution < 1.29 is 0 Å². The summed E-state index contributed by atoms with van der Waals surface area (Å²) >= 11 is 6.04. The van der Waals surface area contributed by atoms with Gasteiger partial charge < -0.3 is 0 Å². The second-order valence-electron chi connectivity index (χ2n) is 3.44. The van der Waals surface area contributed by atoms with Crippen LogP contribution in [0.4, 0.5) is 0 Å². The molecule has 0 aliphatic heterocycles. The van der Waals surface area contributed by atoms with Crippen molar-refractivity contribution in [2.24, 2.45) is 0 Å². The van der Waals surface area contributed by atoms with E-state index in [1.807, 2.05) is 12.3 Å². The van der Waals surface area contributed by atoms with Gasteiger partial charge in [-0.25, -0.2) is 0 Å². The molecule has 0 bridgehead atoms.